The van der Waals surface area contributed by atoms with Crippen LogP contribution in [0.5, 0.6) is 0 Å². The first-order valence-corrected chi connectivity index (χ1v) is 13.2. The van der Waals surface area contributed by atoms with Crippen LogP contribution in [-0.2, 0) is 23.9 Å². The number of hydrogen-bond acceptors (Lipinski definition) is 10. The fraction of sp³-hybridized carbons (Fsp3) is 0.815. The Bertz CT molecular complexity index is 1080. The van der Waals surface area contributed by atoms with Gasteiger partial charge < -0.3 is 40.3 Å². The van der Waals surface area contributed by atoms with Gasteiger partial charge in [-0.05, 0) is 37.8 Å². The molecule has 0 aromatic heterocycles. The molecule has 2 bridgehead atoms. The van der Waals surface area contributed by atoms with Crippen LogP contribution < -0.4 is 5.32 Å². The minimum atomic E-state index is -1.75. The minimum Gasteiger partial charge on any atom is -0.456 e. The second-order valence-electron chi connectivity index (χ2n) is 12.6. The van der Waals surface area contributed by atoms with Gasteiger partial charge in [0.15, 0.2) is 11.9 Å². The SMILES string of the molecule is CC(=O)N[C@@H](C)C(O)C(=O)OC1CC2(O)[C@@H](C)C3[C@]4(O)COC4CC(O)[C@@]3(C)C(=O)C(O)C(=C1C)C2(C)C.[Ac].[Ac]. The van der Waals surface area contributed by atoms with Crippen molar-refractivity contribution >= 4 is 17.7 Å². The number of ketones is 1. The van der Waals surface area contributed by atoms with Gasteiger partial charge >= 0.3 is 5.97 Å². The number of carbonyl (C=O) groups excluding carboxylic acids is 3. The normalized spacial score (nSPS) is 43.1. The molecule has 0 spiro atoms. The van der Waals surface area contributed by atoms with Crippen molar-refractivity contribution < 1.29 is 138 Å². The second kappa shape index (κ2) is 12.4. The molecular formula is C27H41Ac2NO10. The van der Waals surface area contributed by atoms with Gasteiger partial charge in [-0.15, -0.1) is 0 Å². The molecule has 3 aliphatic carbocycles. The molecule has 11 nitrogen and oxygen atoms in total. The molecule has 6 N–H and O–H groups in total. The summed E-state index contributed by atoms with van der Waals surface area (Å²) in [6.07, 6.45) is -6.65. The Labute approximate surface area is 306 Å². The van der Waals surface area contributed by atoms with Gasteiger partial charge in [0.05, 0.1) is 35.9 Å². The van der Waals surface area contributed by atoms with Crippen LogP contribution in [0.4, 0.5) is 0 Å². The number of esters is 1. The molecule has 4 rings (SSSR count). The Kier molecular flexibility index (Phi) is 11.5. The first-order chi connectivity index (χ1) is 17.4. The van der Waals surface area contributed by atoms with Crippen molar-refractivity contribution in [2.45, 2.75) is 109 Å². The fourth-order valence-corrected chi connectivity index (χ4v) is 7.93. The van der Waals surface area contributed by atoms with Crippen LogP contribution in [-0.4, -0.2) is 97.6 Å². The van der Waals surface area contributed by atoms with E-state index >= 15 is 0 Å². The van der Waals surface area contributed by atoms with Crippen LogP contribution in [0, 0.1) is 111 Å². The number of aliphatic hydroxyl groups excluding tert-OH is 3. The minimum absolute atomic E-state index is 0. The molecule has 1 heterocycles. The van der Waals surface area contributed by atoms with Crippen LogP contribution in [0.15, 0.2) is 11.1 Å². The fourth-order valence-electron chi connectivity index (χ4n) is 7.93. The first kappa shape index (κ1) is 37.2. The van der Waals surface area contributed by atoms with E-state index in [2.05, 4.69) is 5.32 Å². The van der Waals surface area contributed by atoms with E-state index in [0.29, 0.717) is 5.57 Å². The number of nitrogens with one attached hydrogen (secondary N) is 1. The summed E-state index contributed by atoms with van der Waals surface area (Å²) in [5.41, 5.74) is -5.48. The van der Waals surface area contributed by atoms with E-state index in [9.17, 15) is 39.9 Å². The van der Waals surface area contributed by atoms with E-state index in [1.54, 1.807) is 27.7 Å². The van der Waals surface area contributed by atoms with E-state index < -0.39 is 88.1 Å². The maximum atomic E-state index is 14.0. The van der Waals surface area contributed by atoms with Crippen molar-refractivity contribution in [3.8, 4) is 0 Å². The van der Waals surface area contributed by atoms with Crippen LogP contribution in [0.1, 0.15) is 61.3 Å². The van der Waals surface area contributed by atoms with Gasteiger partial charge in [0.25, 0.3) is 0 Å². The first-order valence-electron chi connectivity index (χ1n) is 13.2. The topological polar surface area (TPSA) is 183 Å². The van der Waals surface area contributed by atoms with Crippen molar-refractivity contribution in [3.63, 3.8) is 0 Å². The summed E-state index contributed by atoms with van der Waals surface area (Å²) in [7, 11) is 0. The van der Waals surface area contributed by atoms with Crippen LogP contribution in [0.25, 0.3) is 0 Å². The van der Waals surface area contributed by atoms with Crippen molar-refractivity contribution in [2.24, 2.45) is 22.7 Å². The van der Waals surface area contributed by atoms with Crippen LogP contribution >= 0.6 is 0 Å². The van der Waals surface area contributed by atoms with Gasteiger partial charge in [-0.2, -0.15) is 0 Å². The summed E-state index contributed by atoms with van der Waals surface area (Å²) in [5.74, 6) is -3.96. The molecule has 2 radical (unpaired) electrons. The molecule has 0 aromatic rings. The Morgan fingerprint density at radius 2 is 1.73 bits per heavy atom. The van der Waals surface area contributed by atoms with Crippen molar-refractivity contribution in [1.82, 2.24) is 5.32 Å². The van der Waals surface area contributed by atoms with Gasteiger partial charge in [-0.3, -0.25) is 9.59 Å². The predicted molar refractivity (Wildman–Crippen MR) is 132 cm³/mol. The average Bonchev–Trinajstić information content (AvgIpc) is 2.81. The van der Waals surface area contributed by atoms with E-state index in [4.69, 9.17) is 9.47 Å². The third-order valence-corrected chi connectivity index (χ3v) is 10.3. The molecule has 1 saturated heterocycles. The van der Waals surface area contributed by atoms with Gasteiger partial charge in [0, 0.05) is 119 Å². The number of carbonyl (C=O) groups is 3. The van der Waals surface area contributed by atoms with Gasteiger partial charge in [-0.1, -0.05) is 20.8 Å². The molecule has 40 heavy (non-hydrogen) atoms. The van der Waals surface area contributed by atoms with Crippen LogP contribution in [0.2, 0.25) is 0 Å². The zero-order chi connectivity index (χ0) is 28.7. The summed E-state index contributed by atoms with van der Waals surface area (Å²) in [6.45, 7) is 10.8. The maximum Gasteiger partial charge on any atom is 0.337 e. The van der Waals surface area contributed by atoms with Gasteiger partial charge in [-0.25, -0.2) is 4.79 Å². The van der Waals surface area contributed by atoms with E-state index in [-0.39, 0.29) is 113 Å². The molecule has 1 aliphatic heterocycles. The average molecular weight is 994 g/mol. The summed E-state index contributed by atoms with van der Waals surface area (Å²) < 4.78 is 11.2. The Balaban J connectivity index is 0.00000280. The van der Waals surface area contributed by atoms with E-state index in [1.807, 2.05) is 0 Å². The van der Waals surface area contributed by atoms with E-state index in [1.165, 1.54) is 20.8 Å². The molecule has 3 fully saturated rings. The molecule has 7 unspecified atom stereocenters. The summed E-state index contributed by atoms with van der Waals surface area (Å²) in [5, 5.41) is 59.7. The van der Waals surface area contributed by atoms with Crippen molar-refractivity contribution in [3.05, 3.63) is 11.1 Å². The third kappa shape index (κ3) is 5.31. The number of amides is 1. The van der Waals surface area contributed by atoms with Crippen LogP contribution in [0.3, 0.4) is 0 Å². The Morgan fingerprint density at radius 1 is 1.15 bits per heavy atom. The van der Waals surface area contributed by atoms with Crippen molar-refractivity contribution in [1.29, 1.82) is 0 Å². The maximum absolute atomic E-state index is 14.0. The smallest absolute Gasteiger partial charge is 0.337 e. The van der Waals surface area contributed by atoms with Gasteiger partial charge in [0.2, 0.25) is 5.91 Å². The quantitative estimate of drug-likeness (QED) is 0.157. The molecule has 0 aromatic carbocycles. The number of hydrogen-bond donors (Lipinski definition) is 6. The summed E-state index contributed by atoms with van der Waals surface area (Å²) in [4.78, 5) is 38.3. The van der Waals surface area contributed by atoms with Gasteiger partial charge in [0.1, 0.15) is 17.8 Å². The summed E-state index contributed by atoms with van der Waals surface area (Å²) >= 11 is 0. The second-order valence-corrected chi connectivity index (χ2v) is 12.6. The third-order valence-electron chi connectivity index (χ3n) is 10.3. The van der Waals surface area contributed by atoms with E-state index in [0.717, 1.165) is 0 Å². The zero-order valence-corrected chi connectivity index (χ0v) is 33.7. The molecule has 1 amide bonds. The molecule has 220 valence electrons. The summed E-state index contributed by atoms with van der Waals surface area (Å²) in [6, 6.07) is -0.943. The number of ether oxygens (including phenoxy) is 2. The number of Topliss-reactive ketones (excluding diaryl/α,β-unsaturated/α-hetero) is 1. The molecule has 11 atom stereocenters. The largest absolute Gasteiger partial charge is 0.456 e. The monoisotopic (exact) mass is 993 g/mol. The molecule has 4 aliphatic rings. The van der Waals surface area contributed by atoms with Crippen molar-refractivity contribution in [2.75, 3.05) is 6.61 Å². The number of rotatable bonds is 4. The molecule has 13 heteroatoms. The Hall–Kier alpha value is 0.993. The number of aliphatic hydroxyl groups is 5. The molecular weight excluding hydrogens is 952 g/mol. The standard InChI is InChI=1S/C27H41NO10.2Ac/c1-11-15(38-23(34)19(31)13(3)28-14(4)29)9-27(36)12(2)21-25(7,16(30)8-17-26(21,35)10-37-17)22(33)20(32)18(11)24(27,5)6;;/h12-13,15-17,19-21,30-32,35-36H,8-10H2,1-7H3,(H,28,29);;/t12-,13-,15?,16?,17?,19?,20?,21?,25+,26-,27?;;/m0../s1. The zero-order valence-electron chi connectivity index (χ0n) is 24.2. The Morgan fingerprint density at radius 3 is 2.23 bits per heavy atom. The number of fused-ring (bicyclic) bond motifs is 5. The molecule has 2 saturated carbocycles. The predicted octanol–water partition coefficient (Wildman–Crippen LogP) is -0.642.